The van der Waals surface area contributed by atoms with Crippen molar-refractivity contribution in [2.24, 2.45) is 0 Å². The third-order valence-corrected chi connectivity index (χ3v) is 7.67. The van der Waals surface area contributed by atoms with Crippen molar-refractivity contribution in [3.63, 3.8) is 0 Å². The van der Waals surface area contributed by atoms with Crippen LogP contribution in [0.1, 0.15) is 40.3 Å². The number of hydrogen-bond acceptors (Lipinski definition) is 6. The average Bonchev–Trinajstić information content (AvgIpc) is 3.39. The summed E-state index contributed by atoms with van der Waals surface area (Å²) in [5.41, 5.74) is 6.07. The summed E-state index contributed by atoms with van der Waals surface area (Å²) in [5, 5.41) is 3.97. The Morgan fingerprint density at radius 1 is 1.05 bits per heavy atom. The van der Waals surface area contributed by atoms with E-state index in [1.54, 1.807) is 18.3 Å². The number of anilines is 2. The van der Waals surface area contributed by atoms with Gasteiger partial charge in [0.1, 0.15) is 11.6 Å². The van der Waals surface area contributed by atoms with Gasteiger partial charge in [-0.05, 0) is 86.6 Å². The molecule has 4 aromatic rings. The summed E-state index contributed by atoms with van der Waals surface area (Å²) in [6.45, 7) is 6.14. The molecule has 11 heteroatoms. The van der Waals surface area contributed by atoms with E-state index in [1.807, 2.05) is 54.4 Å². The number of thiocarbonyl (C=S) groups is 1. The number of sulfonamides is 1. The monoisotopic (exact) mass is 562 g/mol. The molecule has 1 aromatic carbocycles. The summed E-state index contributed by atoms with van der Waals surface area (Å²) < 4.78 is 34.3. The first kappa shape index (κ1) is 26.6. The molecule has 0 spiro atoms. The second kappa shape index (κ2) is 10.3. The summed E-state index contributed by atoms with van der Waals surface area (Å²) >= 11 is 5.88. The fourth-order valence-corrected chi connectivity index (χ4v) is 6.01. The van der Waals surface area contributed by atoms with Gasteiger partial charge in [-0.15, -0.1) is 0 Å². The third-order valence-electron chi connectivity index (χ3n) is 6.77. The number of nitrogens with zero attached hydrogens (tertiary/aromatic N) is 4. The number of rotatable bonds is 7. The molecule has 3 aromatic heterocycles. The molecule has 0 amide bonds. The van der Waals surface area contributed by atoms with Crippen LogP contribution < -0.4 is 19.7 Å². The molecule has 2 atom stereocenters. The van der Waals surface area contributed by atoms with Crippen molar-refractivity contribution in [3.05, 3.63) is 95.2 Å². The molecular formula is C28H30N6O3S2. The molecule has 2 N–H and O–H groups in total. The first-order valence-electron chi connectivity index (χ1n) is 12.4. The smallest absolute Gasteiger partial charge is 0.229 e. The van der Waals surface area contributed by atoms with Gasteiger partial charge in [-0.3, -0.25) is 9.71 Å². The van der Waals surface area contributed by atoms with Crippen LogP contribution in [0.4, 0.5) is 11.4 Å². The molecule has 0 saturated carbocycles. The van der Waals surface area contributed by atoms with Crippen molar-refractivity contribution in [1.29, 1.82) is 0 Å². The molecule has 1 aliphatic rings. The summed E-state index contributed by atoms with van der Waals surface area (Å²) in [6, 6.07) is 16.8. The van der Waals surface area contributed by atoms with Crippen molar-refractivity contribution in [2.45, 2.75) is 32.9 Å². The Morgan fingerprint density at radius 3 is 2.49 bits per heavy atom. The highest BCUT2D eigenvalue weighted by atomic mass is 32.2. The Kier molecular flexibility index (Phi) is 7.04. The van der Waals surface area contributed by atoms with Crippen molar-refractivity contribution >= 4 is 38.7 Å². The zero-order chi connectivity index (χ0) is 27.9. The Bertz CT molecular complexity index is 1640. The van der Waals surface area contributed by atoms with Crippen LogP contribution in [0.5, 0.6) is 5.75 Å². The number of pyridine rings is 2. The van der Waals surface area contributed by atoms with E-state index in [0.29, 0.717) is 22.2 Å². The van der Waals surface area contributed by atoms with Gasteiger partial charge in [-0.1, -0.05) is 12.1 Å². The molecule has 0 unspecified atom stereocenters. The minimum atomic E-state index is -3.54. The third kappa shape index (κ3) is 5.19. The lowest BCUT2D eigenvalue weighted by molar-refractivity contribution is 0.417. The molecule has 202 valence electrons. The number of benzene rings is 1. The standard InChI is InChI=1S/C28H30N6O3S2/c1-17-9-12-25(30-16-17)33-18(2)14-21(19(33)3)27-26(22-8-6-7-13-29-22)31-28(38)34(27)20-10-11-24(37-4)23(15-20)32-39(5,35)36/h6-16,26-27,32H,1-5H3,(H,31,38)/t26-,27-/m1/s1. The number of hydrogen-bond donors (Lipinski definition) is 2. The van der Waals surface area contributed by atoms with Crippen molar-refractivity contribution < 1.29 is 13.2 Å². The van der Waals surface area contributed by atoms with Crippen LogP contribution in [-0.4, -0.2) is 41.4 Å². The summed E-state index contributed by atoms with van der Waals surface area (Å²) in [7, 11) is -2.04. The van der Waals surface area contributed by atoms with Gasteiger partial charge in [0, 0.05) is 29.5 Å². The van der Waals surface area contributed by atoms with E-state index in [9.17, 15) is 8.42 Å². The molecule has 1 saturated heterocycles. The molecule has 1 fully saturated rings. The van der Waals surface area contributed by atoms with E-state index in [-0.39, 0.29) is 12.1 Å². The molecule has 1 aliphatic heterocycles. The van der Waals surface area contributed by atoms with Gasteiger partial charge in [0.2, 0.25) is 10.0 Å². The van der Waals surface area contributed by atoms with Gasteiger partial charge >= 0.3 is 0 Å². The first-order valence-corrected chi connectivity index (χ1v) is 14.7. The highest BCUT2D eigenvalue weighted by molar-refractivity contribution is 7.92. The maximum atomic E-state index is 12.1. The summed E-state index contributed by atoms with van der Waals surface area (Å²) in [6.07, 6.45) is 4.73. The zero-order valence-corrected chi connectivity index (χ0v) is 24.0. The Hall–Kier alpha value is -3.96. The minimum absolute atomic E-state index is 0.257. The predicted molar refractivity (Wildman–Crippen MR) is 157 cm³/mol. The highest BCUT2D eigenvalue weighted by Gasteiger charge is 2.42. The minimum Gasteiger partial charge on any atom is -0.495 e. The van der Waals surface area contributed by atoms with Gasteiger partial charge in [-0.2, -0.15) is 0 Å². The molecule has 4 heterocycles. The van der Waals surface area contributed by atoms with Crippen LogP contribution in [0.2, 0.25) is 0 Å². The lowest BCUT2D eigenvalue weighted by atomic mass is 9.96. The second-order valence-corrected chi connectivity index (χ2v) is 11.7. The Labute approximate surface area is 233 Å². The summed E-state index contributed by atoms with van der Waals surface area (Å²) in [5.74, 6) is 1.24. The quantitative estimate of drug-likeness (QED) is 0.311. The molecule has 0 bridgehead atoms. The van der Waals surface area contributed by atoms with Crippen molar-refractivity contribution in [2.75, 3.05) is 23.0 Å². The van der Waals surface area contributed by atoms with Gasteiger partial charge in [0.15, 0.2) is 5.11 Å². The second-order valence-electron chi connectivity index (χ2n) is 9.61. The van der Waals surface area contributed by atoms with Crippen LogP contribution in [0, 0.1) is 20.8 Å². The van der Waals surface area contributed by atoms with Gasteiger partial charge in [-0.25, -0.2) is 13.4 Å². The van der Waals surface area contributed by atoms with Crippen molar-refractivity contribution in [1.82, 2.24) is 19.9 Å². The molecule has 0 aliphatic carbocycles. The van der Waals surface area contributed by atoms with Crippen molar-refractivity contribution in [3.8, 4) is 11.6 Å². The highest BCUT2D eigenvalue weighted by Crippen LogP contribution is 2.45. The number of nitrogens with one attached hydrogen (secondary N) is 2. The fraction of sp³-hybridized carbons (Fsp3) is 0.250. The topological polar surface area (TPSA) is 101 Å². The lowest BCUT2D eigenvalue weighted by Gasteiger charge is -2.29. The number of aryl methyl sites for hydroxylation is 2. The van der Waals surface area contributed by atoms with E-state index in [4.69, 9.17) is 17.0 Å². The van der Waals surface area contributed by atoms with E-state index < -0.39 is 10.0 Å². The number of aromatic nitrogens is 3. The predicted octanol–water partition coefficient (Wildman–Crippen LogP) is 4.75. The molecule has 0 radical (unpaired) electrons. The van der Waals surface area contributed by atoms with E-state index >= 15 is 0 Å². The van der Waals surface area contributed by atoms with Crippen LogP contribution in [0.3, 0.4) is 0 Å². The normalized spacial score (nSPS) is 17.3. The molecule has 5 rings (SSSR count). The molecule has 9 nitrogen and oxygen atoms in total. The molecular weight excluding hydrogens is 532 g/mol. The molecule has 39 heavy (non-hydrogen) atoms. The van der Waals surface area contributed by atoms with E-state index in [0.717, 1.165) is 40.3 Å². The average molecular weight is 563 g/mol. The van der Waals surface area contributed by atoms with Gasteiger partial charge in [0.05, 0.1) is 36.8 Å². The SMILES string of the molecule is COc1ccc(N2C(=S)N[C@H](c3ccccn3)[C@H]2c2cc(C)n(-c3ccc(C)cn3)c2C)cc1NS(C)(=O)=O. The van der Waals surface area contributed by atoms with E-state index in [2.05, 4.69) is 44.5 Å². The summed E-state index contributed by atoms with van der Waals surface area (Å²) in [4.78, 5) is 11.3. The number of methoxy groups -OCH3 is 1. The maximum absolute atomic E-state index is 12.1. The van der Waals surface area contributed by atoms with Crippen LogP contribution >= 0.6 is 12.2 Å². The van der Waals surface area contributed by atoms with Crippen LogP contribution in [0.25, 0.3) is 5.82 Å². The zero-order valence-electron chi connectivity index (χ0n) is 22.3. The van der Waals surface area contributed by atoms with Crippen LogP contribution in [-0.2, 0) is 10.0 Å². The Morgan fingerprint density at radius 2 is 1.85 bits per heavy atom. The first-order chi connectivity index (χ1) is 18.6. The maximum Gasteiger partial charge on any atom is 0.229 e. The van der Waals surface area contributed by atoms with E-state index in [1.165, 1.54) is 7.11 Å². The Balaban J connectivity index is 1.68. The largest absolute Gasteiger partial charge is 0.495 e. The fourth-order valence-electron chi connectivity index (χ4n) is 5.11. The number of ether oxygens (including phenoxy) is 1. The lowest BCUT2D eigenvalue weighted by Crippen LogP contribution is -2.29. The van der Waals surface area contributed by atoms with Gasteiger partial charge < -0.3 is 19.5 Å². The van der Waals surface area contributed by atoms with Gasteiger partial charge in [0.25, 0.3) is 0 Å². The van der Waals surface area contributed by atoms with Crippen LogP contribution in [0.15, 0.2) is 67.0 Å².